The lowest BCUT2D eigenvalue weighted by Gasteiger charge is -2.28. The molecule has 84 valence electrons. The summed E-state index contributed by atoms with van der Waals surface area (Å²) in [5.74, 6) is 0.632. The molecule has 5 nitrogen and oxygen atoms in total. The number of piperazine rings is 1. The van der Waals surface area contributed by atoms with Gasteiger partial charge in [-0.1, -0.05) is 6.42 Å². The molecule has 0 aromatic heterocycles. The Morgan fingerprint density at radius 3 is 2.80 bits per heavy atom. The molecule has 0 radical (unpaired) electrons. The molecule has 3 N–H and O–H groups in total. The summed E-state index contributed by atoms with van der Waals surface area (Å²) in [5.41, 5.74) is 0. The van der Waals surface area contributed by atoms with Crippen LogP contribution in [0.15, 0.2) is 0 Å². The van der Waals surface area contributed by atoms with Crippen molar-refractivity contribution in [1.29, 1.82) is 0 Å². The molecule has 1 atom stereocenters. The molecule has 2 aliphatic rings. The third kappa shape index (κ3) is 2.68. The van der Waals surface area contributed by atoms with Crippen molar-refractivity contribution in [2.45, 2.75) is 25.3 Å². The number of carbonyl (C=O) groups is 2. The standard InChI is InChI=1S/C10H17N3O2/c14-9-6-11-8(5-12-9)10(15)13-4-7-2-1-3-7/h7-8,11H,1-6H2,(H,12,14)(H,13,15). The van der Waals surface area contributed by atoms with Crippen LogP contribution in [0.5, 0.6) is 0 Å². The third-order valence-electron chi connectivity index (χ3n) is 3.12. The van der Waals surface area contributed by atoms with Crippen LogP contribution in [0.3, 0.4) is 0 Å². The van der Waals surface area contributed by atoms with Crippen LogP contribution in [0.4, 0.5) is 0 Å². The maximum atomic E-state index is 11.6. The minimum Gasteiger partial charge on any atom is -0.354 e. The highest BCUT2D eigenvalue weighted by Crippen LogP contribution is 2.25. The van der Waals surface area contributed by atoms with Crippen LogP contribution >= 0.6 is 0 Å². The van der Waals surface area contributed by atoms with Gasteiger partial charge in [-0.2, -0.15) is 0 Å². The first kappa shape index (κ1) is 10.4. The van der Waals surface area contributed by atoms with Gasteiger partial charge in [0, 0.05) is 13.1 Å². The van der Waals surface area contributed by atoms with Crippen molar-refractivity contribution in [2.24, 2.45) is 5.92 Å². The first-order valence-corrected chi connectivity index (χ1v) is 5.53. The van der Waals surface area contributed by atoms with Crippen molar-refractivity contribution in [2.75, 3.05) is 19.6 Å². The molecule has 5 heteroatoms. The van der Waals surface area contributed by atoms with Gasteiger partial charge in [0.25, 0.3) is 0 Å². The van der Waals surface area contributed by atoms with E-state index >= 15 is 0 Å². The van der Waals surface area contributed by atoms with E-state index in [0.29, 0.717) is 12.5 Å². The van der Waals surface area contributed by atoms with Crippen molar-refractivity contribution in [3.8, 4) is 0 Å². The molecule has 0 bridgehead atoms. The Morgan fingerprint density at radius 2 is 2.27 bits per heavy atom. The highest BCUT2D eigenvalue weighted by atomic mass is 16.2. The van der Waals surface area contributed by atoms with E-state index in [0.717, 1.165) is 6.54 Å². The lowest BCUT2D eigenvalue weighted by atomic mass is 9.85. The number of carbonyl (C=O) groups excluding carboxylic acids is 2. The second-order valence-corrected chi connectivity index (χ2v) is 4.28. The molecule has 15 heavy (non-hydrogen) atoms. The molecule has 2 fully saturated rings. The first-order chi connectivity index (χ1) is 7.25. The van der Waals surface area contributed by atoms with Crippen molar-refractivity contribution in [1.82, 2.24) is 16.0 Å². The van der Waals surface area contributed by atoms with Gasteiger partial charge >= 0.3 is 0 Å². The summed E-state index contributed by atoms with van der Waals surface area (Å²) in [7, 11) is 0. The zero-order valence-corrected chi connectivity index (χ0v) is 8.71. The maximum Gasteiger partial charge on any atom is 0.238 e. The smallest absolute Gasteiger partial charge is 0.238 e. The number of amides is 2. The molecule has 1 aliphatic heterocycles. The average molecular weight is 211 g/mol. The molecule has 1 unspecified atom stereocenters. The van der Waals surface area contributed by atoms with Crippen LogP contribution in [0.2, 0.25) is 0 Å². The van der Waals surface area contributed by atoms with E-state index in [1.807, 2.05) is 0 Å². The lowest BCUT2D eigenvalue weighted by Crippen LogP contribution is -2.58. The van der Waals surface area contributed by atoms with Crippen molar-refractivity contribution in [3.05, 3.63) is 0 Å². The Kier molecular flexibility index (Phi) is 3.20. The second-order valence-electron chi connectivity index (χ2n) is 4.28. The summed E-state index contributed by atoms with van der Waals surface area (Å²) in [6, 6.07) is -0.261. The van der Waals surface area contributed by atoms with E-state index < -0.39 is 0 Å². The van der Waals surface area contributed by atoms with Crippen LogP contribution in [0.1, 0.15) is 19.3 Å². The van der Waals surface area contributed by atoms with Gasteiger partial charge in [-0.15, -0.1) is 0 Å². The second kappa shape index (κ2) is 4.61. The van der Waals surface area contributed by atoms with Crippen LogP contribution < -0.4 is 16.0 Å². The minimum atomic E-state index is -0.261. The maximum absolute atomic E-state index is 11.6. The number of rotatable bonds is 3. The number of hydrogen-bond donors (Lipinski definition) is 3. The number of nitrogens with one attached hydrogen (secondary N) is 3. The summed E-state index contributed by atoms with van der Waals surface area (Å²) in [6.07, 6.45) is 3.75. The van der Waals surface area contributed by atoms with E-state index in [4.69, 9.17) is 0 Å². The van der Waals surface area contributed by atoms with Gasteiger partial charge in [-0.25, -0.2) is 0 Å². The molecule has 1 aliphatic carbocycles. The number of hydrogen-bond acceptors (Lipinski definition) is 3. The fraction of sp³-hybridized carbons (Fsp3) is 0.800. The van der Waals surface area contributed by atoms with Crippen LogP contribution in [-0.2, 0) is 9.59 Å². The molecule has 1 saturated carbocycles. The van der Waals surface area contributed by atoms with E-state index in [1.54, 1.807) is 0 Å². The highest BCUT2D eigenvalue weighted by Gasteiger charge is 2.25. The molecule has 1 heterocycles. The van der Waals surface area contributed by atoms with Gasteiger partial charge in [0.1, 0.15) is 6.04 Å². The van der Waals surface area contributed by atoms with Gasteiger partial charge in [-0.05, 0) is 18.8 Å². The first-order valence-electron chi connectivity index (χ1n) is 5.53. The predicted molar refractivity (Wildman–Crippen MR) is 55.2 cm³/mol. The Labute approximate surface area is 89.0 Å². The minimum absolute atomic E-state index is 0.00176. The van der Waals surface area contributed by atoms with Crippen molar-refractivity contribution in [3.63, 3.8) is 0 Å². The summed E-state index contributed by atoms with van der Waals surface area (Å²) >= 11 is 0. The topological polar surface area (TPSA) is 70.2 Å². The summed E-state index contributed by atoms with van der Waals surface area (Å²) in [4.78, 5) is 22.5. The zero-order valence-electron chi connectivity index (χ0n) is 8.71. The lowest BCUT2D eigenvalue weighted by molar-refractivity contribution is -0.126. The molecule has 0 aromatic rings. The molecular weight excluding hydrogens is 194 g/mol. The monoisotopic (exact) mass is 211 g/mol. The molecule has 1 saturated heterocycles. The van der Waals surface area contributed by atoms with Crippen molar-refractivity contribution >= 4 is 11.8 Å². The van der Waals surface area contributed by atoms with Crippen LogP contribution in [0, 0.1) is 5.92 Å². The van der Waals surface area contributed by atoms with Gasteiger partial charge in [0.15, 0.2) is 0 Å². The molecule has 2 rings (SSSR count). The fourth-order valence-electron chi connectivity index (χ4n) is 1.82. The highest BCUT2D eigenvalue weighted by molar-refractivity contribution is 5.86. The van der Waals surface area contributed by atoms with Crippen molar-refractivity contribution < 1.29 is 9.59 Å². The zero-order chi connectivity index (χ0) is 10.7. The van der Waals surface area contributed by atoms with Crippen LogP contribution in [-0.4, -0.2) is 37.5 Å². The van der Waals surface area contributed by atoms with Gasteiger partial charge in [0.2, 0.25) is 11.8 Å². The Hall–Kier alpha value is -1.10. The quantitative estimate of drug-likeness (QED) is 0.560. The molecule has 0 aromatic carbocycles. The predicted octanol–water partition coefficient (Wildman–Crippen LogP) is -1.01. The van der Waals surface area contributed by atoms with E-state index in [1.165, 1.54) is 19.3 Å². The normalized spacial score (nSPS) is 26.7. The van der Waals surface area contributed by atoms with Gasteiger partial charge in [0.05, 0.1) is 6.54 Å². The van der Waals surface area contributed by atoms with Crippen LogP contribution in [0.25, 0.3) is 0 Å². The van der Waals surface area contributed by atoms with Gasteiger partial charge < -0.3 is 10.6 Å². The largest absolute Gasteiger partial charge is 0.354 e. The third-order valence-corrected chi connectivity index (χ3v) is 3.12. The average Bonchev–Trinajstić information content (AvgIpc) is 2.16. The molecule has 2 amide bonds. The van der Waals surface area contributed by atoms with Gasteiger partial charge in [-0.3, -0.25) is 14.9 Å². The SMILES string of the molecule is O=C1CNC(C(=O)NCC2CCC2)CN1. The molecule has 0 spiro atoms. The molecular formula is C10H17N3O2. The summed E-state index contributed by atoms with van der Waals surface area (Å²) in [5, 5.41) is 8.49. The van der Waals surface area contributed by atoms with E-state index in [-0.39, 0.29) is 24.4 Å². The Morgan fingerprint density at radius 1 is 1.47 bits per heavy atom. The summed E-state index contributed by atoms with van der Waals surface area (Å²) < 4.78 is 0. The Bertz CT molecular complexity index is 253. The Balaban J connectivity index is 1.68. The van der Waals surface area contributed by atoms with E-state index in [2.05, 4.69) is 16.0 Å². The fourth-order valence-corrected chi connectivity index (χ4v) is 1.82. The summed E-state index contributed by atoms with van der Waals surface area (Å²) in [6.45, 7) is 1.42. The van der Waals surface area contributed by atoms with E-state index in [9.17, 15) is 9.59 Å².